The Hall–Kier alpha value is -1.35. The molecule has 20 heavy (non-hydrogen) atoms. The van der Waals surface area contributed by atoms with Gasteiger partial charge in [-0.1, -0.05) is 0 Å². The predicted octanol–water partition coefficient (Wildman–Crippen LogP) is 0.275. The number of alkyl halides is 3. The third-order valence-corrected chi connectivity index (χ3v) is 2.69. The number of nitrogens with one attached hydrogen (secondary N) is 1. The smallest absolute Gasteiger partial charge is 0.419 e. The first-order valence-electron chi connectivity index (χ1n) is 6.07. The number of amides is 1. The highest BCUT2D eigenvalue weighted by Gasteiger charge is 2.44. The number of halogens is 3. The number of esters is 1. The number of carbonyl (C=O) groups is 2. The fraction of sp³-hybridized carbons (Fsp3) is 0.818. The summed E-state index contributed by atoms with van der Waals surface area (Å²) in [4.78, 5) is 23.6. The van der Waals surface area contributed by atoms with Crippen LogP contribution >= 0.6 is 0 Å². The van der Waals surface area contributed by atoms with E-state index < -0.39 is 30.4 Å². The van der Waals surface area contributed by atoms with E-state index >= 15 is 0 Å². The fourth-order valence-electron chi connectivity index (χ4n) is 1.62. The van der Waals surface area contributed by atoms with Crippen LogP contribution in [0.2, 0.25) is 0 Å². The van der Waals surface area contributed by atoms with Crippen molar-refractivity contribution in [1.82, 2.24) is 10.2 Å². The number of likely N-dealkylation sites (N-methyl/N-ethyl adjacent to an activating group) is 1. The molecule has 0 aromatic rings. The van der Waals surface area contributed by atoms with Crippen LogP contribution in [0.25, 0.3) is 0 Å². The molecule has 1 fully saturated rings. The highest BCUT2D eigenvalue weighted by Crippen LogP contribution is 2.20. The number of carbonyl (C=O) groups excluding carboxylic acids is 2. The van der Waals surface area contributed by atoms with Gasteiger partial charge in [-0.15, -0.1) is 0 Å². The summed E-state index contributed by atoms with van der Waals surface area (Å²) < 4.78 is 45.9. The maximum Gasteiger partial charge on any atom is 0.491 e. The summed E-state index contributed by atoms with van der Waals surface area (Å²) in [7, 11) is 2.67. The minimum atomic E-state index is -5.16. The van der Waals surface area contributed by atoms with Crippen molar-refractivity contribution < 1.29 is 32.2 Å². The van der Waals surface area contributed by atoms with Crippen molar-refractivity contribution in [2.45, 2.75) is 31.4 Å². The lowest BCUT2D eigenvalue weighted by Crippen LogP contribution is -2.45. The minimum absolute atomic E-state index is 0.425. The molecule has 0 bridgehead atoms. The first-order chi connectivity index (χ1) is 9.21. The summed E-state index contributed by atoms with van der Waals surface area (Å²) in [6.45, 7) is 1.25. The van der Waals surface area contributed by atoms with E-state index in [4.69, 9.17) is 4.74 Å². The molecular formula is C11H17F3N2O4. The molecule has 0 saturated carbocycles. The molecule has 0 spiro atoms. The normalized spacial score (nSPS) is 18.4. The van der Waals surface area contributed by atoms with Crippen LogP contribution in [0, 0.1) is 0 Å². The topological polar surface area (TPSA) is 67.9 Å². The van der Waals surface area contributed by atoms with Crippen LogP contribution in [0.3, 0.4) is 0 Å². The van der Waals surface area contributed by atoms with Crippen LogP contribution in [0.15, 0.2) is 0 Å². The lowest BCUT2D eigenvalue weighted by atomic mass is 10.1. The third kappa shape index (κ3) is 4.97. The van der Waals surface area contributed by atoms with Gasteiger partial charge in [0.05, 0.1) is 6.10 Å². The molecule has 1 unspecified atom stereocenters. The lowest BCUT2D eigenvalue weighted by Gasteiger charge is -2.28. The Bertz CT molecular complexity index is 354. The quantitative estimate of drug-likeness (QED) is 0.596. The molecule has 1 amide bonds. The lowest BCUT2D eigenvalue weighted by molar-refractivity contribution is -0.233. The summed E-state index contributed by atoms with van der Waals surface area (Å²) in [5, 5.41) is 3.04. The molecule has 1 heterocycles. The van der Waals surface area contributed by atoms with Gasteiger partial charge in [0.2, 0.25) is 0 Å². The Kier molecular flexibility index (Phi) is 5.75. The first kappa shape index (κ1) is 16.7. The maximum atomic E-state index is 12.2. The summed E-state index contributed by atoms with van der Waals surface area (Å²) in [5.74, 6) is -3.28. The molecule has 0 radical (unpaired) electrons. The number of nitrogens with zero attached hydrogens (tertiary/aromatic N) is 1. The molecule has 6 nitrogen and oxygen atoms in total. The second kappa shape index (κ2) is 6.89. The molecule has 1 N–H and O–H groups in total. The van der Waals surface area contributed by atoms with E-state index in [1.54, 1.807) is 0 Å². The minimum Gasteiger partial charge on any atom is -0.419 e. The molecule has 0 aromatic carbocycles. The zero-order valence-corrected chi connectivity index (χ0v) is 11.2. The van der Waals surface area contributed by atoms with Crippen molar-refractivity contribution in [1.29, 1.82) is 0 Å². The highest BCUT2D eigenvalue weighted by molar-refractivity contribution is 5.83. The van der Waals surface area contributed by atoms with E-state index in [0.717, 1.165) is 4.90 Å². The predicted molar refractivity (Wildman–Crippen MR) is 61.6 cm³/mol. The molecule has 0 aromatic heterocycles. The van der Waals surface area contributed by atoms with Crippen LogP contribution in [-0.2, 0) is 19.1 Å². The van der Waals surface area contributed by atoms with Crippen molar-refractivity contribution >= 4 is 11.9 Å². The van der Waals surface area contributed by atoms with Gasteiger partial charge in [-0.3, -0.25) is 4.79 Å². The van der Waals surface area contributed by atoms with Crippen molar-refractivity contribution in [2.24, 2.45) is 0 Å². The van der Waals surface area contributed by atoms with Gasteiger partial charge < -0.3 is 19.7 Å². The van der Waals surface area contributed by atoms with Crippen LogP contribution in [0.5, 0.6) is 0 Å². The molecule has 9 heteroatoms. The van der Waals surface area contributed by atoms with E-state index in [1.807, 2.05) is 0 Å². The average Bonchev–Trinajstić information content (AvgIpc) is 2.37. The molecular weight excluding hydrogens is 281 g/mol. The van der Waals surface area contributed by atoms with E-state index in [2.05, 4.69) is 10.1 Å². The summed E-state index contributed by atoms with van der Waals surface area (Å²) in [6, 6.07) is 0. The molecule has 116 valence electrons. The zero-order valence-electron chi connectivity index (χ0n) is 11.2. The Morgan fingerprint density at radius 1 is 1.25 bits per heavy atom. The van der Waals surface area contributed by atoms with Gasteiger partial charge in [-0.25, -0.2) is 4.79 Å². The van der Waals surface area contributed by atoms with Crippen molar-refractivity contribution in [2.75, 3.05) is 27.2 Å². The van der Waals surface area contributed by atoms with Crippen LogP contribution in [0.1, 0.15) is 12.8 Å². The molecule has 1 aliphatic heterocycles. The fourth-order valence-corrected chi connectivity index (χ4v) is 1.62. The molecule has 1 aliphatic rings. The number of hydrogen-bond donors (Lipinski definition) is 1. The van der Waals surface area contributed by atoms with Gasteiger partial charge in [0.25, 0.3) is 12.2 Å². The standard InChI is InChI=1S/C11H17F3N2O4/c1-16(2)8(17)9(20-10(18)11(12,13)14)19-7-3-5-15-6-4-7/h7,9,15H,3-6H2,1-2H3. The monoisotopic (exact) mass is 298 g/mol. The summed E-state index contributed by atoms with van der Waals surface area (Å²) in [6.07, 6.45) is -6.41. The van der Waals surface area contributed by atoms with Gasteiger partial charge in [0.15, 0.2) is 0 Å². The zero-order chi connectivity index (χ0) is 15.3. The van der Waals surface area contributed by atoms with Crippen molar-refractivity contribution in [3.05, 3.63) is 0 Å². The second-order valence-electron chi connectivity index (χ2n) is 4.55. The van der Waals surface area contributed by atoms with Crippen LogP contribution in [-0.4, -0.2) is 62.5 Å². The van der Waals surface area contributed by atoms with Crippen molar-refractivity contribution in [3.8, 4) is 0 Å². The molecule has 0 aliphatic carbocycles. The van der Waals surface area contributed by atoms with Gasteiger partial charge in [0.1, 0.15) is 0 Å². The largest absolute Gasteiger partial charge is 0.491 e. The van der Waals surface area contributed by atoms with E-state index in [1.165, 1.54) is 14.1 Å². The van der Waals surface area contributed by atoms with Gasteiger partial charge in [-0.2, -0.15) is 13.2 Å². The number of hydrogen-bond acceptors (Lipinski definition) is 5. The summed E-state index contributed by atoms with van der Waals surface area (Å²) >= 11 is 0. The number of rotatable bonds is 4. The first-order valence-corrected chi connectivity index (χ1v) is 6.07. The Balaban J connectivity index is 2.69. The average molecular weight is 298 g/mol. The van der Waals surface area contributed by atoms with Crippen LogP contribution < -0.4 is 5.32 Å². The van der Waals surface area contributed by atoms with Gasteiger partial charge >= 0.3 is 12.1 Å². The number of piperidine rings is 1. The third-order valence-electron chi connectivity index (χ3n) is 2.69. The highest BCUT2D eigenvalue weighted by atomic mass is 19.4. The molecule has 1 atom stereocenters. The molecule has 1 saturated heterocycles. The molecule has 1 rings (SSSR count). The maximum absolute atomic E-state index is 12.2. The van der Waals surface area contributed by atoms with Gasteiger partial charge in [0, 0.05) is 14.1 Å². The van der Waals surface area contributed by atoms with E-state index in [9.17, 15) is 22.8 Å². The Morgan fingerprint density at radius 3 is 2.25 bits per heavy atom. The van der Waals surface area contributed by atoms with Crippen molar-refractivity contribution in [3.63, 3.8) is 0 Å². The van der Waals surface area contributed by atoms with Crippen LogP contribution in [0.4, 0.5) is 13.2 Å². The number of ether oxygens (including phenoxy) is 2. The second-order valence-corrected chi connectivity index (χ2v) is 4.55. The Labute approximate surface area is 114 Å². The van der Waals surface area contributed by atoms with E-state index in [-0.39, 0.29) is 0 Å². The summed E-state index contributed by atoms with van der Waals surface area (Å²) in [5.41, 5.74) is 0. The van der Waals surface area contributed by atoms with E-state index in [0.29, 0.717) is 25.9 Å². The van der Waals surface area contributed by atoms with Gasteiger partial charge in [-0.05, 0) is 25.9 Å². The Morgan fingerprint density at radius 2 is 1.80 bits per heavy atom. The SMILES string of the molecule is CN(C)C(=O)C(OC(=O)C(F)(F)F)OC1CCNCC1.